The summed E-state index contributed by atoms with van der Waals surface area (Å²) in [6.07, 6.45) is 1.48. The van der Waals surface area contributed by atoms with Gasteiger partial charge in [-0.15, -0.1) is 5.10 Å². The summed E-state index contributed by atoms with van der Waals surface area (Å²) in [4.78, 5) is 35.9. The number of hydrogen-bond acceptors (Lipinski definition) is 5. The maximum absolute atomic E-state index is 12.4. The fourth-order valence-electron chi connectivity index (χ4n) is 2.63. The van der Waals surface area contributed by atoms with Crippen LogP contribution in [0.4, 0.5) is 0 Å². The molecular formula is C22H23N5O4. The minimum atomic E-state index is -1.08. The second kappa shape index (κ2) is 9.21. The van der Waals surface area contributed by atoms with Crippen molar-refractivity contribution in [2.45, 2.75) is 20.4 Å². The summed E-state index contributed by atoms with van der Waals surface area (Å²) in [6.45, 7) is 3.42. The highest BCUT2D eigenvalue weighted by atomic mass is 16.4. The summed E-state index contributed by atoms with van der Waals surface area (Å²) in [5, 5.41) is 22.4. The fourth-order valence-corrected chi connectivity index (χ4v) is 2.63. The van der Waals surface area contributed by atoms with Gasteiger partial charge in [0.25, 0.3) is 11.8 Å². The number of rotatable bonds is 8. The molecule has 1 aromatic heterocycles. The Morgan fingerprint density at radius 3 is 2.45 bits per heavy atom. The van der Waals surface area contributed by atoms with Crippen LogP contribution in [-0.2, 0) is 11.3 Å². The van der Waals surface area contributed by atoms with Gasteiger partial charge in [0.2, 0.25) is 0 Å². The third kappa shape index (κ3) is 5.53. The molecule has 31 heavy (non-hydrogen) atoms. The Labute approximate surface area is 179 Å². The first-order valence-electron chi connectivity index (χ1n) is 9.63. The lowest BCUT2D eigenvalue weighted by molar-refractivity contribution is -0.146. The van der Waals surface area contributed by atoms with Gasteiger partial charge in [0.1, 0.15) is 0 Å². The normalized spacial score (nSPS) is 11.0. The number of amides is 2. The van der Waals surface area contributed by atoms with Gasteiger partial charge in [-0.1, -0.05) is 41.6 Å². The van der Waals surface area contributed by atoms with E-state index in [2.05, 4.69) is 20.9 Å². The average Bonchev–Trinajstić information content (AvgIpc) is 3.27. The minimum Gasteiger partial charge on any atom is -0.481 e. The number of benzene rings is 2. The first-order chi connectivity index (χ1) is 14.8. The second-order valence-corrected chi connectivity index (χ2v) is 7.64. The predicted octanol–water partition coefficient (Wildman–Crippen LogP) is 2.04. The van der Waals surface area contributed by atoms with Gasteiger partial charge in [-0.2, -0.15) is 0 Å². The Morgan fingerprint density at radius 1 is 1.00 bits per heavy atom. The van der Waals surface area contributed by atoms with Crippen LogP contribution in [0.2, 0.25) is 0 Å². The number of hydrogen-bond donors (Lipinski definition) is 3. The molecule has 0 aliphatic heterocycles. The molecule has 3 aromatic rings. The molecule has 0 fully saturated rings. The lowest BCUT2D eigenvalue weighted by atomic mass is 9.94. The number of carbonyl (C=O) groups excluding carboxylic acids is 2. The van der Waals surface area contributed by atoms with Gasteiger partial charge in [0.05, 0.1) is 17.3 Å². The van der Waals surface area contributed by atoms with E-state index < -0.39 is 17.3 Å². The van der Waals surface area contributed by atoms with Gasteiger partial charge in [-0.3, -0.25) is 14.4 Å². The van der Waals surface area contributed by atoms with E-state index in [1.807, 2.05) is 30.3 Å². The lowest BCUT2D eigenvalue weighted by Crippen LogP contribution is -2.38. The van der Waals surface area contributed by atoms with E-state index in [0.29, 0.717) is 17.8 Å². The molecule has 1 heterocycles. The second-order valence-electron chi connectivity index (χ2n) is 7.64. The lowest BCUT2D eigenvalue weighted by Gasteiger charge is -2.19. The zero-order valence-corrected chi connectivity index (χ0v) is 17.2. The van der Waals surface area contributed by atoms with E-state index in [4.69, 9.17) is 5.11 Å². The van der Waals surface area contributed by atoms with Gasteiger partial charge in [-0.25, -0.2) is 4.68 Å². The molecule has 2 amide bonds. The fraction of sp³-hybridized carbons (Fsp3) is 0.227. The summed E-state index contributed by atoms with van der Waals surface area (Å²) in [7, 11) is 0. The van der Waals surface area contributed by atoms with Crippen molar-refractivity contribution in [2.24, 2.45) is 5.41 Å². The number of aromatic nitrogens is 3. The number of nitrogens with one attached hydrogen (secondary N) is 2. The monoisotopic (exact) mass is 421 g/mol. The van der Waals surface area contributed by atoms with Crippen molar-refractivity contribution in [3.8, 4) is 5.69 Å². The largest absolute Gasteiger partial charge is 0.481 e. The maximum atomic E-state index is 12.4. The summed E-state index contributed by atoms with van der Waals surface area (Å²) >= 11 is 0. The molecular weight excluding hydrogens is 398 g/mol. The average molecular weight is 421 g/mol. The molecule has 0 atom stereocenters. The number of carboxylic acid groups (broad SMARTS) is 1. The van der Waals surface area contributed by atoms with Crippen molar-refractivity contribution in [3.05, 3.63) is 77.6 Å². The molecule has 0 saturated carbocycles. The Hall–Kier alpha value is -4.01. The SMILES string of the molecule is CC(C)(CNC(=O)c1cccc(-n2cc(C(=O)NCc3ccccc3)nn2)c1)C(=O)O. The van der Waals surface area contributed by atoms with Gasteiger partial charge < -0.3 is 15.7 Å². The molecule has 3 rings (SSSR count). The Balaban J connectivity index is 1.66. The molecule has 3 N–H and O–H groups in total. The minimum absolute atomic E-state index is 0.0134. The van der Waals surface area contributed by atoms with E-state index in [9.17, 15) is 14.4 Å². The summed E-state index contributed by atoms with van der Waals surface area (Å²) < 4.78 is 1.40. The molecule has 0 aliphatic rings. The van der Waals surface area contributed by atoms with E-state index in [1.54, 1.807) is 24.3 Å². The third-order valence-corrected chi connectivity index (χ3v) is 4.66. The van der Waals surface area contributed by atoms with Crippen molar-refractivity contribution in [1.82, 2.24) is 25.6 Å². The van der Waals surface area contributed by atoms with E-state index in [0.717, 1.165) is 5.56 Å². The first-order valence-corrected chi connectivity index (χ1v) is 9.63. The molecule has 9 nitrogen and oxygen atoms in total. The third-order valence-electron chi connectivity index (χ3n) is 4.66. The van der Waals surface area contributed by atoms with Crippen molar-refractivity contribution in [2.75, 3.05) is 6.54 Å². The Morgan fingerprint density at radius 2 is 1.74 bits per heavy atom. The summed E-state index contributed by atoms with van der Waals surface area (Å²) in [6, 6.07) is 16.1. The van der Waals surface area contributed by atoms with Gasteiger partial charge >= 0.3 is 5.97 Å². The number of nitrogens with zero attached hydrogens (tertiary/aromatic N) is 3. The Kier molecular flexibility index (Phi) is 6.44. The van der Waals surface area contributed by atoms with Gasteiger partial charge in [0.15, 0.2) is 5.69 Å². The number of carbonyl (C=O) groups is 3. The summed E-state index contributed by atoms with van der Waals surface area (Å²) in [5.41, 5.74) is 0.910. The Bertz CT molecular complexity index is 1090. The van der Waals surface area contributed by atoms with Crippen molar-refractivity contribution in [1.29, 1.82) is 0 Å². The van der Waals surface area contributed by atoms with E-state index in [-0.39, 0.29) is 18.1 Å². The maximum Gasteiger partial charge on any atom is 0.310 e. The highest BCUT2D eigenvalue weighted by Gasteiger charge is 2.27. The van der Waals surface area contributed by atoms with Crippen LogP contribution >= 0.6 is 0 Å². The molecule has 0 saturated heterocycles. The smallest absolute Gasteiger partial charge is 0.310 e. The topological polar surface area (TPSA) is 126 Å². The van der Waals surface area contributed by atoms with Crippen LogP contribution in [0.3, 0.4) is 0 Å². The predicted molar refractivity (Wildman–Crippen MR) is 113 cm³/mol. The first kappa shape index (κ1) is 21.7. The molecule has 9 heteroatoms. The highest BCUT2D eigenvalue weighted by Crippen LogP contribution is 2.15. The summed E-state index contributed by atoms with van der Waals surface area (Å²) in [5.74, 6) is -1.76. The van der Waals surface area contributed by atoms with E-state index >= 15 is 0 Å². The van der Waals surface area contributed by atoms with Crippen molar-refractivity contribution >= 4 is 17.8 Å². The van der Waals surface area contributed by atoms with Crippen LogP contribution in [-0.4, -0.2) is 44.4 Å². The standard InChI is InChI=1S/C22H23N5O4/c1-22(2,21(30)31)14-24-19(28)16-9-6-10-17(11-16)27-13-18(25-26-27)20(29)23-12-15-7-4-3-5-8-15/h3-11,13H,12,14H2,1-2H3,(H,23,29)(H,24,28)(H,30,31). The van der Waals surface area contributed by atoms with Crippen LogP contribution < -0.4 is 10.6 Å². The van der Waals surface area contributed by atoms with Crippen LogP contribution in [0.25, 0.3) is 5.69 Å². The highest BCUT2D eigenvalue weighted by molar-refractivity contribution is 5.95. The molecule has 0 bridgehead atoms. The molecule has 0 unspecified atom stereocenters. The van der Waals surface area contributed by atoms with E-state index in [1.165, 1.54) is 24.7 Å². The van der Waals surface area contributed by atoms with Gasteiger partial charge in [0, 0.05) is 18.7 Å². The molecule has 0 radical (unpaired) electrons. The van der Waals surface area contributed by atoms with Crippen LogP contribution in [0.15, 0.2) is 60.8 Å². The van der Waals surface area contributed by atoms with Crippen LogP contribution in [0.5, 0.6) is 0 Å². The molecule has 160 valence electrons. The van der Waals surface area contributed by atoms with Gasteiger partial charge in [-0.05, 0) is 37.6 Å². The van der Waals surface area contributed by atoms with Crippen molar-refractivity contribution in [3.63, 3.8) is 0 Å². The zero-order valence-electron chi connectivity index (χ0n) is 17.2. The molecule has 0 spiro atoms. The van der Waals surface area contributed by atoms with Crippen LogP contribution in [0, 0.1) is 5.41 Å². The number of carboxylic acids is 1. The quantitative estimate of drug-likeness (QED) is 0.511. The zero-order chi connectivity index (χ0) is 22.4. The molecule has 2 aromatic carbocycles. The molecule has 0 aliphatic carbocycles. The van der Waals surface area contributed by atoms with Crippen LogP contribution in [0.1, 0.15) is 40.3 Å². The number of aliphatic carboxylic acids is 1. The van der Waals surface area contributed by atoms with Crippen molar-refractivity contribution < 1.29 is 19.5 Å².